The van der Waals surface area contributed by atoms with E-state index in [2.05, 4.69) is 41.4 Å². The molecule has 0 aliphatic rings. The van der Waals surface area contributed by atoms with Crippen LogP contribution < -0.4 is 10.6 Å². The minimum absolute atomic E-state index is 0.153. The first kappa shape index (κ1) is 18.4. The summed E-state index contributed by atoms with van der Waals surface area (Å²) >= 11 is 3.43. The van der Waals surface area contributed by atoms with Crippen LogP contribution in [0.3, 0.4) is 0 Å². The molecule has 0 aliphatic heterocycles. The van der Waals surface area contributed by atoms with Gasteiger partial charge in [0.25, 0.3) is 5.91 Å². The van der Waals surface area contributed by atoms with Gasteiger partial charge in [-0.05, 0) is 57.7 Å². The SMILES string of the molecule is Cc1cc(Br)ccc1Nc1ncc(C(=O)NCCCN(C)C)cn1. The zero-order valence-electron chi connectivity index (χ0n) is 14.1. The van der Waals surface area contributed by atoms with E-state index < -0.39 is 0 Å². The van der Waals surface area contributed by atoms with Crippen LogP contribution in [0.5, 0.6) is 0 Å². The van der Waals surface area contributed by atoms with Crippen LogP contribution in [0.2, 0.25) is 0 Å². The lowest BCUT2D eigenvalue weighted by molar-refractivity contribution is 0.0951. The fraction of sp³-hybridized carbons (Fsp3) is 0.353. The molecule has 0 saturated heterocycles. The number of nitrogens with zero attached hydrogens (tertiary/aromatic N) is 3. The van der Waals surface area contributed by atoms with Crippen molar-refractivity contribution < 1.29 is 4.79 Å². The normalized spacial score (nSPS) is 10.7. The first-order valence-electron chi connectivity index (χ1n) is 7.74. The summed E-state index contributed by atoms with van der Waals surface area (Å²) < 4.78 is 1.02. The molecule has 24 heavy (non-hydrogen) atoms. The van der Waals surface area contributed by atoms with E-state index in [0.29, 0.717) is 18.1 Å². The van der Waals surface area contributed by atoms with Gasteiger partial charge in [-0.2, -0.15) is 0 Å². The summed E-state index contributed by atoms with van der Waals surface area (Å²) in [6.07, 6.45) is 3.97. The minimum atomic E-state index is -0.153. The number of halogens is 1. The largest absolute Gasteiger partial charge is 0.352 e. The molecule has 0 unspecified atom stereocenters. The Morgan fingerprint density at radius 2 is 1.96 bits per heavy atom. The number of carbonyl (C=O) groups is 1. The maximum absolute atomic E-state index is 12.0. The number of benzene rings is 1. The number of carbonyl (C=O) groups excluding carboxylic acids is 1. The number of hydrogen-bond acceptors (Lipinski definition) is 5. The first-order chi connectivity index (χ1) is 11.5. The molecule has 7 heteroatoms. The molecule has 0 spiro atoms. The molecular weight excluding hydrogens is 370 g/mol. The molecule has 0 atom stereocenters. The van der Waals surface area contributed by atoms with Gasteiger partial charge >= 0.3 is 0 Å². The van der Waals surface area contributed by atoms with Crippen LogP contribution in [0.1, 0.15) is 22.3 Å². The van der Waals surface area contributed by atoms with Crippen LogP contribution in [0.15, 0.2) is 35.1 Å². The smallest absolute Gasteiger partial charge is 0.254 e. The Balaban J connectivity index is 1.91. The number of nitrogens with one attached hydrogen (secondary N) is 2. The molecule has 1 aromatic heterocycles. The summed E-state index contributed by atoms with van der Waals surface area (Å²) in [5.41, 5.74) is 2.47. The number of rotatable bonds is 7. The van der Waals surface area contributed by atoms with Crippen molar-refractivity contribution in [3.8, 4) is 0 Å². The second-order valence-electron chi connectivity index (χ2n) is 5.79. The van der Waals surface area contributed by atoms with E-state index in [1.54, 1.807) is 0 Å². The van der Waals surface area contributed by atoms with Crippen LogP contribution in [0.4, 0.5) is 11.6 Å². The van der Waals surface area contributed by atoms with Crippen LogP contribution in [-0.2, 0) is 0 Å². The highest BCUT2D eigenvalue weighted by molar-refractivity contribution is 9.10. The van der Waals surface area contributed by atoms with Crippen LogP contribution in [-0.4, -0.2) is 48.0 Å². The van der Waals surface area contributed by atoms with E-state index in [9.17, 15) is 4.79 Å². The second-order valence-corrected chi connectivity index (χ2v) is 6.71. The van der Waals surface area contributed by atoms with Crippen molar-refractivity contribution in [1.29, 1.82) is 0 Å². The predicted molar refractivity (Wildman–Crippen MR) is 99.7 cm³/mol. The Kier molecular flexibility index (Phi) is 6.69. The highest BCUT2D eigenvalue weighted by Gasteiger charge is 2.07. The number of amides is 1. The van der Waals surface area contributed by atoms with Gasteiger partial charge in [-0.1, -0.05) is 15.9 Å². The van der Waals surface area contributed by atoms with Gasteiger partial charge in [-0.25, -0.2) is 9.97 Å². The molecule has 2 aromatic rings. The van der Waals surface area contributed by atoms with Crippen molar-refractivity contribution in [1.82, 2.24) is 20.2 Å². The number of hydrogen-bond donors (Lipinski definition) is 2. The monoisotopic (exact) mass is 391 g/mol. The Labute approximate surface area is 150 Å². The van der Waals surface area contributed by atoms with Crippen molar-refractivity contribution in [2.45, 2.75) is 13.3 Å². The van der Waals surface area contributed by atoms with Gasteiger partial charge in [-0.3, -0.25) is 4.79 Å². The fourth-order valence-corrected chi connectivity index (χ4v) is 2.57. The molecular formula is C17H22BrN5O. The van der Waals surface area contributed by atoms with Gasteiger partial charge in [0.15, 0.2) is 0 Å². The van der Waals surface area contributed by atoms with E-state index in [1.165, 1.54) is 12.4 Å². The molecule has 6 nitrogen and oxygen atoms in total. The highest BCUT2D eigenvalue weighted by Crippen LogP contribution is 2.22. The quantitative estimate of drug-likeness (QED) is 0.709. The molecule has 2 rings (SSSR count). The van der Waals surface area contributed by atoms with E-state index in [0.717, 1.165) is 28.7 Å². The average Bonchev–Trinajstić information content (AvgIpc) is 2.54. The van der Waals surface area contributed by atoms with Crippen LogP contribution >= 0.6 is 15.9 Å². The lowest BCUT2D eigenvalue weighted by Crippen LogP contribution is -2.27. The third-order valence-corrected chi connectivity index (χ3v) is 3.91. The molecule has 1 aromatic carbocycles. The van der Waals surface area contributed by atoms with Crippen LogP contribution in [0, 0.1) is 6.92 Å². The summed E-state index contributed by atoms with van der Waals surface area (Å²) in [5, 5.41) is 6.02. The molecule has 0 aliphatic carbocycles. The standard InChI is InChI=1S/C17H22BrN5O/c1-12-9-14(18)5-6-15(12)22-17-20-10-13(11-21-17)16(24)19-7-4-8-23(2)3/h5-6,9-11H,4,7-8H2,1-3H3,(H,19,24)(H,20,21,22). The molecule has 0 bridgehead atoms. The maximum Gasteiger partial charge on any atom is 0.254 e. The zero-order chi connectivity index (χ0) is 17.5. The summed E-state index contributed by atoms with van der Waals surface area (Å²) in [4.78, 5) is 22.5. The van der Waals surface area contributed by atoms with Crippen molar-refractivity contribution in [3.63, 3.8) is 0 Å². The predicted octanol–water partition coefficient (Wildman–Crippen LogP) is 2.97. The van der Waals surface area contributed by atoms with Gasteiger partial charge < -0.3 is 15.5 Å². The maximum atomic E-state index is 12.0. The Morgan fingerprint density at radius 1 is 1.25 bits per heavy atom. The van der Waals surface area contributed by atoms with Gasteiger partial charge in [0.1, 0.15) is 0 Å². The summed E-state index contributed by atoms with van der Waals surface area (Å²) in [5.74, 6) is 0.310. The van der Waals surface area contributed by atoms with E-state index in [4.69, 9.17) is 0 Å². The molecule has 0 radical (unpaired) electrons. The van der Waals surface area contributed by atoms with Crippen molar-refractivity contribution in [2.75, 3.05) is 32.5 Å². The Bertz CT molecular complexity index is 688. The molecule has 0 fully saturated rings. The van der Waals surface area contributed by atoms with Gasteiger partial charge in [0.05, 0.1) is 5.56 Å². The number of aromatic nitrogens is 2. The third-order valence-electron chi connectivity index (χ3n) is 3.42. The Morgan fingerprint density at radius 3 is 2.58 bits per heavy atom. The summed E-state index contributed by atoms with van der Waals surface area (Å²) in [6.45, 7) is 3.57. The highest BCUT2D eigenvalue weighted by atomic mass is 79.9. The lowest BCUT2D eigenvalue weighted by atomic mass is 10.2. The molecule has 2 N–H and O–H groups in total. The van der Waals surface area contributed by atoms with E-state index in [1.807, 2.05) is 39.2 Å². The summed E-state index contributed by atoms with van der Waals surface area (Å²) in [6, 6.07) is 5.91. The van der Waals surface area contributed by atoms with Crippen molar-refractivity contribution in [3.05, 3.63) is 46.2 Å². The molecule has 0 saturated carbocycles. The molecule has 1 amide bonds. The van der Waals surface area contributed by atoms with E-state index >= 15 is 0 Å². The minimum Gasteiger partial charge on any atom is -0.352 e. The third kappa shape index (κ3) is 5.58. The van der Waals surface area contributed by atoms with Crippen LogP contribution in [0.25, 0.3) is 0 Å². The van der Waals surface area contributed by atoms with Gasteiger partial charge in [0.2, 0.25) is 5.95 Å². The molecule has 1 heterocycles. The number of aryl methyl sites for hydroxylation is 1. The number of anilines is 2. The van der Waals surface area contributed by atoms with Gasteiger partial charge in [0, 0.05) is 29.1 Å². The van der Waals surface area contributed by atoms with Crippen molar-refractivity contribution >= 4 is 33.5 Å². The molecule has 128 valence electrons. The van der Waals surface area contributed by atoms with Crippen molar-refractivity contribution in [2.24, 2.45) is 0 Å². The first-order valence-corrected chi connectivity index (χ1v) is 8.53. The fourth-order valence-electron chi connectivity index (χ4n) is 2.10. The second kappa shape index (κ2) is 8.75. The Hall–Kier alpha value is -1.99. The van der Waals surface area contributed by atoms with Gasteiger partial charge in [-0.15, -0.1) is 0 Å². The lowest BCUT2D eigenvalue weighted by Gasteiger charge is -2.10. The summed E-state index contributed by atoms with van der Waals surface area (Å²) in [7, 11) is 4.02. The van der Waals surface area contributed by atoms with E-state index in [-0.39, 0.29) is 5.91 Å². The average molecular weight is 392 g/mol. The zero-order valence-corrected chi connectivity index (χ0v) is 15.7. The topological polar surface area (TPSA) is 70.2 Å².